The Hall–Kier alpha value is -1.95. The largest absolute Gasteiger partial charge is 0.454 e. The van der Waals surface area contributed by atoms with E-state index in [0.717, 1.165) is 6.42 Å². The monoisotopic (exact) mass is 278 g/mol. The number of nitrogens with two attached hydrogens (primary N) is 1. The van der Waals surface area contributed by atoms with Gasteiger partial charge in [-0.25, -0.2) is 0 Å². The van der Waals surface area contributed by atoms with E-state index >= 15 is 0 Å². The van der Waals surface area contributed by atoms with E-state index in [0.29, 0.717) is 42.3 Å². The minimum Gasteiger partial charge on any atom is -0.454 e. The maximum atomic E-state index is 12.5. The van der Waals surface area contributed by atoms with Crippen LogP contribution in [0.3, 0.4) is 0 Å². The third-order valence-electron chi connectivity index (χ3n) is 3.74. The smallest absolute Gasteiger partial charge is 0.256 e. The number of nitrogen functional groups attached to an aromatic ring is 1. The number of fused-ring (bicyclic) bond motifs is 1. The van der Waals surface area contributed by atoms with Crippen LogP contribution in [0.1, 0.15) is 30.1 Å². The fraction of sp³-hybridized carbons (Fsp3) is 0.500. The number of benzene rings is 1. The Kier molecular flexibility index (Phi) is 2.97. The second-order valence-electron chi connectivity index (χ2n) is 5.62. The van der Waals surface area contributed by atoms with Crippen molar-refractivity contribution in [2.24, 2.45) is 0 Å². The Labute approximate surface area is 117 Å². The van der Waals surface area contributed by atoms with Gasteiger partial charge in [0.25, 0.3) is 5.91 Å². The maximum Gasteiger partial charge on any atom is 0.256 e. The number of likely N-dealkylation sites (tertiary alicyclic amines) is 1. The normalized spacial score (nSPS) is 24.8. The average molecular weight is 278 g/mol. The van der Waals surface area contributed by atoms with Crippen molar-refractivity contribution in [3.8, 4) is 11.5 Å². The van der Waals surface area contributed by atoms with E-state index in [1.165, 1.54) is 0 Å². The number of rotatable bonds is 1. The summed E-state index contributed by atoms with van der Waals surface area (Å²) in [6.45, 7) is 2.84. The van der Waals surface area contributed by atoms with Crippen molar-refractivity contribution in [2.75, 3.05) is 25.6 Å². The number of piperidine rings is 1. The van der Waals surface area contributed by atoms with Gasteiger partial charge in [-0.05, 0) is 25.8 Å². The third kappa shape index (κ3) is 2.27. The van der Waals surface area contributed by atoms with Crippen LogP contribution in [0.25, 0.3) is 0 Å². The van der Waals surface area contributed by atoms with Gasteiger partial charge in [0, 0.05) is 24.8 Å². The summed E-state index contributed by atoms with van der Waals surface area (Å²) < 4.78 is 10.5. The number of carbonyl (C=O) groups excluding carboxylic acids is 1. The molecule has 2 aliphatic heterocycles. The van der Waals surface area contributed by atoms with Crippen LogP contribution in [0, 0.1) is 0 Å². The molecule has 1 saturated heterocycles. The molecule has 20 heavy (non-hydrogen) atoms. The Balaban J connectivity index is 1.87. The predicted octanol–water partition coefficient (Wildman–Crippen LogP) is 0.985. The Morgan fingerprint density at radius 1 is 1.40 bits per heavy atom. The molecule has 3 N–H and O–H groups in total. The molecule has 0 saturated carbocycles. The Bertz CT molecular complexity index is 556. The van der Waals surface area contributed by atoms with E-state index in [-0.39, 0.29) is 12.7 Å². The third-order valence-corrected chi connectivity index (χ3v) is 3.74. The molecule has 0 spiro atoms. The van der Waals surface area contributed by atoms with Gasteiger partial charge >= 0.3 is 0 Å². The van der Waals surface area contributed by atoms with Crippen LogP contribution in [0.2, 0.25) is 0 Å². The van der Waals surface area contributed by atoms with Gasteiger partial charge in [-0.2, -0.15) is 0 Å². The highest BCUT2D eigenvalue weighted by molar-refractivity contribution is 6.00. The van der Waals surface area contributed by atoms with Crippen LogP contribution >= 0.6 is 0 Å². The summed E-state index contributed by atoms with van der Waals surface area (Å²) in [4.78, 5) is 14.2. The summed E-state index contributed by atoms with van der Waals surface area (Å²) in [6.07, 6.45) is 1.48. The van der Waals surface area contributed by atoms with E-state index in [9.17, 15) is 9.90 Å². The van der Waals surface area contributed by atoms with Gasteiger partial charge in [0.05, 0.1) is 11.2 Å². The molecule has 1 aromatic rings. The van der Waals surface area contributed by atoms with Crippen molar-refractivity contribution in [3.05, 3.63) is 17.7 Å². The molecule has 6 nitrogen and oxygen atoms in total. The van der Waals surface area contributed by atoms with Gasteiger partial charge in [-0.1, -0.05) is 0 Å². The van der Waals surface area contributed by atoms with Gasteiger partial charge in [-0.15, -0.1) is 0 Å². The molecule has 0 bridgehead atoms. The zero-order valence-electron chi connectivity index (χ0n) is 11.4. The number of hydrogen-bond donors (Lipinski definition) is 2. The van der Waals surface area contributed by atoms with Crippen LogP contribution in [-0.4, -0.2) is 41.4 Å². The zero-order valence-corrected chi connectivity index (χ0v) is 11.4. The van der Waals surface area contributed by atoms with Crippen molar-refractivity contribution >= 4 is 11.6 Å². The fourth-order valence-corrected chi connectivity index (χ4v) is 2.71. The zero-order chi connectivity index (χ0) is 14.3. The molecule has 0 aromatic heterocycles. The first-order valence-electron chi connectivity index (χ1n) is 6.67. The van der Waals surface area contributed by atoms with Crippen molar-refractivity contribution in [1.29, 1.82) is 0 Å². The molecule has 1 atom stereocenters. The molecule has 0 radical (unpaired) electrons. The van der Waals surface area contributed by atoms with Gasteiger partial charge in [-0.3, -0.25) is 4.79 Å². The van der Waals surface area contributed by atoms with E-state index in [4.69, 9.17) is 15.2 Å². The molecule has 1 fully saturated rings. The molecule has 108 valence electrons. The Morgan fingerprint density at radius 3 is 2.80 bits per heavy atom. The lowest BCUT2D eigenvalue weighted by molar-refractivity contribution is -0.0107. The summed E-state index contributed by atoms with van der Waals surface area (Å²) in [5, 5.41) is 10.1. The van der Waals surface area contributed by atoms with Crippen molar-refractivity contribution in [3.63, 3.8) is 0 Å². The summed E-state index contributed by atoms with van der Waals surface area (Å²) in [5.74, 6) is 0.914. The highest BCUT2D eigenvalue weighted by Gasteiger charge is 2.32. The minimum absolute atomic E-state index is 0.144. The lowest BCUT2D eigenvalue weighted by atomic mass is 9.94. The number of anilines is 1. The summed E-state index contributed by atoms with van der Waals surface area (Å²) in [5.41, 5.74) is 5.85. The summed E-state index contributed by atoms with van der Waals surface area (Å²) >= 11 is 0. The van der Waals surface area contributed by atoms with E-state index in [2.05, 4.69) is 0 Å². The van der Waals surface area contributed by atoms with Crippen molar-refractivity contribution < 1.29 is 19.4 Å². The van der Waals surface area contributed by atoms with Crippen LogP contribution in [0.5, 0.6) is 11.5 Å². The highest BCUT2D eigenvalue weighted by Crippen LogP contribution is 2.36. The van der Waals surface area contributed by atoms with Crippen LogP contribution in [0.4, 0.5) is 5.69 Å². The van der Waals surface area contributed by atoms with Crippen LogP contribution in [0.15, 0.2) is 12.1 Å². The molecule has 2 heterocycles. The van der Waals surface area contributed by atoms with E-state index in [1.54, 1.807) is 24.0 Å². The number of nitrogens with zero attached hydrogens (tertiary/aromatic N) is 1. The molecule has 0 aliphatic carbocycles. The number of amides is 1. The van der Waals surface area contributed by atoms with Gasteiger partial charge in [0.2, 0.25) is 6.79 Å². The van der Waals surface area contributed by atoms with Crippen LogP contribution < -0.4 is 15.2 Å². The van der Waals surface area contributed by atoms with Crippen molar-refractivity contribution in [1.82, 2.24) is 4.90 Å². The molecule has 3 rings (SSSR count). The fourth-order valence-electron chi connectivity index (χ4n) is 2.71. The average Bonchev–Trinajstić information content (AvgIpc) is 2.82. The molecule has 1 unspecified atom stereocenters. The molecule has 6 heteroatoms. The van der Waals surface area contributed by atoms with E-state index in [1.807, 2.05) is 0 Å². The first kappa shape index (κ1) is 13.1. The minimum atomic E-state index is -0.834. The molecule has 2 aliphatic rings. The van der Waals surface area contributed by atoms with Crippen molar-refractivity contribution in [2.45, 2.75) is 25.4 Å². The Morgan fingerprint density at radius 2 is 2.10 bits per heavy atom. The molecular formula is C14H18N2O4. The standard InChI is InChI=1S/C14H18N2O4/c1-14(18)3-2-4-16(7-14)13(17)9-5-11-12(6-10(9)15)20-8-19-11/h5-6,18H,2-4,7-8,15H2,1H3. The SMILES string of the molecule is CC1(O)CCCN(C(=O)c2cc3c(cc2N)OCO3)C1. The number of hydrogen-bond acceptors (Lipinski definition) is 5. The lowest BCUT2D eigenvalue weighted by Gasteiger charge is -2.37. The summed E-state index contributed by atoms with van der Waals surface area (Å²) in [7, 11) is 0. The first-order chi connectivity index (χ1) is 9.46. The van der Waals surface area contributed by atoms with Gasteiger partial charge in [0.15, 0.2) is 11.5 Å². The number of carbonyl (C=O) groups is 1. The lowest BCUT2D eigenvalue weighted by Crippen LogP contribution is -2.48. The van der Waals surface area contributed by atoms with Gasteiger partial charge < -0.3 is 25.2 Å². The number of ether oxygens (including phenoxy) is 2. The number of β-amino-alcohol motifs (C(OH)–C–C–N with tert-alkyl or cyclic N) is 1. The molecular weight excluding hydrogens is 260 g/mol. The molecule has 1 amide bonds. The quantitative estimate of drug-likeness (QED) is 0.748. The van der Waals surface area contributed by atoms with Gasteiger partial charge in [0.1, 0.15) is 0 Å². The predicted molar refractivity (Wildman–Crippen MR) is 72.7 cm³/mol. The van der Waals surface area contributed by atoms with Crippen LogP contribution in [-0.2, 0) is 0 Å². The van der Waals surface area contributed by atoms with E-state index < -0.39 is 5.60 Å². The second-order valence-corrected chi connectivity index (χ2v) is 5.62. The topological polar surface area (TPSA) is 85.0 Å². The summed E-state index contributed by atoms with van der Waals surface area (Å²) in [6, 6.07) is 3.22. The first-order valence-corrected chi connectivity index (χ1v) is 6.67. The maximum absolute atomic E-state index is 12.5. The number of aliphatic hydroxyl groups is 1. The highest BCUT2D eigenvalue weighted by atomic mass is 16.7. The molecule has 1 aromatic carbocycles. The second kappa shape index (κ2) is 4.56.